The lowest BCUT2D eigenvalue weighted by Gasteiger charge is -2.12. The van der Waals surface area contributed by atoms with E-state index in [1.807, 2.05) is 0 Å². The smallest absolute Gasteiger partial charge is 0.339 e. The van der Waals surface area contributed by atoms with Crippen LogP contribution in [0.5, 0.6) is 5.75 Å². The zero-order chi connectivity index (χ0) is 12.3. The van der Waals surface area contributed by atoms with Crippen LogP contribution in [0.2, 0.25) is 0 Å². The van der Waals surface area contributed by atoms with E-state index in [9.17, 15) is 9.18 Å². The van der Waals surface area contributed by atoms with Gasteiger partial charge in [0.2, 0.25) is 0 Å². The molecule has 1 aromatic rings. The first kappa shape index (κ1) is 11.9. The third kappa shape index (κ3) is 2.94. The standard InChI is InChI=1S/C12H13FO4/c13-9-1-2-11(10(5-9)12(14)15)17-7-8-3-4-16-6-8/h1-2,5,8H,3-4,6-7H2,(H,14,15). The molecule has 1 aliphatic heterocycles. The second kappa shape index (κ2) is 5.14. The van der Waals surface area contributed by atoms with Crippen molar-refractivity contribution in [1.29, 1.82) is 0 Å². The minimum absolute atomic E-state index is 0.149. The Morgan fingerprint density at radius 3 is 3.06 bits per heavy atom. The molecule has 17 heavy (non-hydrogen) atoms. The molecule has 1 heterocycles. The average molecular weight is 240 g/mol. The van der Waals surface area contributed by atoms with Gasteiger partial charge < -0.3 is 14.6 Å². The molecule has 1 aliphatic rings. The van der Waals surface area contributed by atoms with Gasteiger partial charge in [-0.05, 0) is 24.6 Å². The van der Waals surface area contributed by atoms with Gasteiger partial charge in [0.1, 0.15) is 17.1 Å². The number of carboxylic acids is 1. The Kier molecular flexibility index (Phi) is 3.58. The first-order valence-corrected chi connectivity index (χ1v) is 5.40. The molecule has 0 saturated carbocycles. The van der Waals surface area contributed by atoms with E-state index in [1.165, 1.54) is 12.1 Å². The van der Waals surface area contributed by atoms with E-state index in [1.54, 1.807) is 0 Å². The van der Waals surface area contributed by atoms with E-state index in [0.29, 0.717) is 19.8 Å². The Morgan fingerprint density at radius 1 is 1.59 bits per heavy atom. The van der Waals surface area contributed by atoms with Crippen molar-refractivity contribution in [3.63, 3.8) is 0 Å². The van der Waals surface area contributed by atoms with Gasteiger partial charge in [0.25, 0.3) is 0 Å². The Balaban J connectivity index is 2.06. The zero-order valence-corrected chi connectivity index (χ0v) is 9.19. The van der Waals surface area contributed by atoms with Crippen LogP contribution in [0.4, 0.5) is 4.39 Å². The molecule has 1 fully saturated rings. The van der Waals surface area contributed by atoms with Gasteiger partial charge in [0, 0.05) is 12.5 Å². The van der Waals surface area contributed by atoms with Crippen LogP contribution < -0.4 is 4.74 Å². The molecule has 1 atom stereocenters. The first-order valence-electron chi connectivity index (χ1n) is 5.40. The summed E-state index contributed by atoms with van der Waals surface area (Å²) in [6, 6.07) is 3.49. The molecule has 0 spiro atoms. The average Bonchev–Trinajstić information content (AvgIpc) is 2.80. The lowest BCUT2D eigenvalue weighted by molar-refractivity contribution is 0.0690. The van der Waals surface area contributed by atoms with Gasteiger partial charge in [-0.2, -0.15) is 0 Å². The molecule has 92 valence electrons. The fraction of sp³-hybridized carbons (Fsp3) is 0.417. The van der Waals surface area contributed by atoms with Crippen molar-refractivity contribution < 1.29 is 23.8 Å². The highest BCUT2D eigenvalue weighted by atomic mass is 19.1. The van der Waals surface area contributed by atoms with Crippen LogP contribution in [0.1, 0.15) is 16.8 Å². The minimum atomic E-state index is -1.19. The van der Waals surface area contributed by atoms with Crippen LogP contribution in [0.3, 0.4) is 0 Å². The van der Waals surface area contributed by atoms with Crippen LogP contribution in [0.25, 0.3) is 0 Å². The molecule has 1 unspecified atom stereocenters. The minimum Gasteiger partial charge on any atom is -0.492 e. The zero-order valence-electron chi connectivity index (χ0n) is 9.19. The molecule has 5 heteroatoms. The highest BCUT2D eigenvalue weighted by Gasteiger charge is 2.18. The van der Waals surface area contributed by atoms with Gasteiger partial charge in [-0.15, -0.1) is 0 Å². The third-order valence-electron chi connectivity index (χ3n) is 2.67. The van der Waals surface area contributed by atoms with E-state index < -0.39 is 11.8 Å². The summed E-state index contributed by atoms with van der Waals surface area (Å²) in [5, 5.41) is 8.91. The molecule has 0 radical (unpaired) electrons. The van der Waals surface area contributed by atoms with Crippen molar-refractivity contribution in [2.45, 2.75) is 6.42 Å². The van der Waals surface area contributed by atoms with Crippen LogP contribution in [0.15, 0.2) is 18.2 Å². The molecular formula is C12H13FO4. The van der Waals surface area contributed by atoms with Gasteiger partial charge >= 0.3 is 5.97 Å². The summed E-state index contributed by atoms with van der Waals surface area (Å²) < 4.78 is 23.5. The number of rotatable bonds is 4. The van der Waals surface area contributed by atoms with E-state index in [2.05, 4.69) is 0 Å². The SMILES string of the molecule is O=C(O)c1cc(F)ccc1OCC1CCOC1. The number of ether oxygens (including phenoxy) is 2. The first-order chi connectivity index (χ1) is 8.16. The lowest BCUT2D eigenvalue weighted by atomic mass is 10.1. The fourth-order valence-electron chi connectivity index (χ4n) is 1.72. The number of benzene rings is 1. The van der Waals surface area contributed by atoms with E-state index in [4.69, 9.17) is 14.6 Å². The molecule has 0 aliphatic carbocycles. The van der Waals surface area contributed by atoms with Gasteiger partial charge in [-0.25, -0.2) is 9.18 Å². The van der Waals surface area contributed by atoms with Gasteiger partial charge in [-0.1, -0.05) is 0 Å². The molecule has 4 nitrogen and oxygen atoms in total. The maximum absolute atomic E-state index is 12.9. The predicted octanol–water partition coefficient (Wildman–Crippen LogP) is 1.94. The van der Waals surface area contributed by atoms with Gasteiger partial charge in [0.05, 0.1) is 13.2 Å². The fourth-order valence-corrected chi connectivity index (χ4v) is 1.72. The Morgan fingerprint density at radius 2 is 2.41 bits per heavy atom. The second-order valence-corrected chi connectivity index (χ2v) is 3.99. The molecule has 2 rings (SSSR count). The van der Waals surface area contributed by atoms with E-state index in [-0.39, 0.29) is 17.2 Å². The second-order valence-electron chi connectivity index (χ2n) is 3.99. The predicted molar refractivity (Wildman–Crippen MR) is 57.8 cm³/mol. The summed E-state index contributed by atoms with van der Waals surface area (Å²) in [5.74, 6) is -1.30. The Hall–Kier alpha value is -1.62. The summed E-state index contributed by atoms with van der Waals surface area (Å²) in [6.45, 7) is 1.73. The van der Waals surface area contributed by atoms with Crippen molar-refractivity contribution in [1.82, 2.24) is 0 Å². The van der Waals surface area contributed by atoms with Crippen molar-refractivity contribution in [2.75, 3.05) is 19.8 Å². The summed E-state index contributed by atoms with van der Waals surface area (Å²) in [5.41, 5.74) is -0.149. The molecule has 0 bridgehead atoms. The third-order valence-corrected chi connectivity index (χ3v) is 2.67. The Bertz CT molecular complexity index is 413. The van der Waals surface area contributed by atoms with E-state index >= 15 is 0 Å². The number of carboxylic acid groups (broad SMARTS) is 1. The highest BCUT2D eigenvalue weighted by molar-refractivity contribution is 5.90. The molecule has 0 amide bonds. The topological polar surface area (TPSA) is 55.8 Å². The molecule has 1 N–H and O–H groups in total. The monoisotopic (exact) mass is 240 g/mol. The Labute approximate surface area is 98.0 Å². The van der Waals surface area contributed by atoms with E-state index in [0.717, 1.165) is 12.5 Å². The van der Waals surface area contributed by atoms with Crippen molar-refractivity contribution in [3.05, 3.63) is 29.6 Å². The molecule has 1 aromatic carbocycles. The summed E-state index contributed by atoms with van der Waals surface area (Å²) in [6.07, 6.45) is 0.906. The molecular weight excluding hydrogens is 227 g/mol. The number of carbonyl (C=O) groups is 1. The number of aromatic carboxylic acids is 1. The van der Waals surface area contributed by atoms with Crippen LogP contribution in [-0.4, -0.2) is 30.9 Å². The van der Waals surface area contributed by atoms with Crippen LogP contribution in [-0.2, 0) is 4.74 Å². The number of halogens is 1. The normalized spacial score (nSPS) is 19.2. The largest absolute Gasteiger partial charge is 0.492 e. The van der Waals surface area contributed by atoms with Crippen LogP contribution in [0, 0.1) is 11.7 Å². The maximum atomic E-state index is 12.9. The summed E-state index contributed by atoms with van der Waals surface area (Å²) >= 11 is 0. The summed E-state index contributed by atoms with van der Waals surface area (Å²) in [4.78, 5) is 10.9. The maximum Gasteiger partial charge on any atom is 0.339 e. The van der Waals surface area contributed by atoms with Crippen molar-refractivity contribution in [3.8, 4) is 5.75 Å². The van der Waals surface area contributed by atoms with Crippen LogP contribution >= 0.6 is 0 Å². The lowest BCUT2D eigenvalue weighted by Crippen LogP contribution is -2.13. The molecule has 1 saturated heterocycles. The highest BCUT2D eigenvalue weighted by Crippen LogP contribution is 2.22. The summed E-state index contributed by atoms with van der Waals surface area (Å²) in [7, 11) is 0. The quantitative estimate of drug-likeness (QED) is 0.873. The van der Waals surface area contributed by atoms with Crippen molar-refractivity contribution in [2.24, 2.45) is 5.92 Å². The van der Waals surface area contributed by atoms with Gasteiger partial charge in [-0.3, -0.25) is 0 Å². The van der Waals surface area contributed by atoms with Gasteiger partial charge in [0.15, 0.2) is 0 Å². The van der Waals surface area contributed by atoms with Crippen molar-refractivity contribution >= 4 is 5.97 Å². The number of hydrogen-bond acceptors (Lipinski definition) is 3. The molecule has 0 aromatic heterocycles. The number of hydrogen-bond donors (Lipinski definition) is 1.